The summed E-state index contributed by atoms with van der Waals surface area (Å²) in [5, 5.41) is 0. The molecule has 5 rings (SSSR count). The van der Waals surface area contributed by atoms with Crippen LogP contribution in [0.2, 0.25) is 0 Å². The zero-order chi connectivity index (χ0) is 24.6. The number of aromatic nitrogens is 2. The van der Waals surface area contributed by atoms with E-state index in [1.165, 1.54) is 11.2 Å². The number of carbonyl (C=O) groups is 2. The number of nitrogens with zero attached hydrogens (tertiary/aromatic N) is 5. The Hall–Kier alpha value is -2.52. The van der Waals surface area contributed by atoms with E-state index in [9.17, 15) is 18.4 Å². The van der Waals surface area contributed by atoms with Gasteiger partial charge in [0, 0.05) is 49.1 Å². The van der Waals surface area contributed by atoms with E-state index >= 15 is 0 Å². The molecule has 3 heterocycles. The topological polar surface area (TPSA) is 78.9 Å². The second-order valence-electron chi connectivity index (χ2n) is 11.5. The van der Waals surface area contributed by atoms with Crippen molar-refractivity contribution in [2.75, 3.05) is 29.4 Å². The zero-order valence-corrected chi connectivity index (χ0v) is 20.5. The number of hydrogen-bond acceptors (Lipinski definition) is 6. The quantitative estimate of drug-likeness (QED) is 0.646. The fourth-order valence-electron chi connectivity index (χ4n) is 5.58. The molecular weight excluding hydrogens is 444 g/mol. The van der Waals surface area contributed by atoms with Gasteiger partial charge in [-0.15, -0.1) is 0 Å². The summed E-state index contributed by atoms with van der Waals surface area (Å²) in [6.45, 7) is 11.0. The standard InChI is InChI=1S/C24H33F2N5O3/c1-14-11-30(21(33)34-22(3,4)5)15(2)10-29(14)18-17-19(28-13-27-18)31(12-23(17)7-6-8-23)20(32)16-9-24(16,25)26/h13-16H,6-12H2,1-5H3/t14-,15+,16?/m0/s1. The van der Waals surface area contributed by atoms with E-state index in [1.807, 2.05) is 34.6 Å². The number of hydrogen-bond donors (Lipinski definition) is 0. The maximum atomic E-state index is 13.7. The third-order valence-electron chi connectivity index (χ3n) is 7.64. The first-order valence-electron chi connectivity index (χ1n) is 12.1. The minimum Gasteiger partial charge on any atom is -0.444 e. The first-order chi connectivity index (χ1) is 15.8. The molecule has 1 saturated heterocycles. The van der Waals surface area contributed by atoms with Crippen LogP contribution in [0.15, 0.2) is 6.33 Å². The van der Waals surface area contributed by atoms with Crippen molar-refractivity contribution >= 4 is 23.6 Å². The van der Waals surface area contributed by atoms with Gasteiger partial charge >= 0.3 is 6.09 Å². The monoisotopic (exact) mass is 477 g/mol. The maximum absolute atomic E-state index is 13.7. The smallest absolute Gasteiger partial charge is 0.410 e. The highest BCUT2D eigenvalue weighted by molar-refractivity contribution is 6.00. The van der Waals surface area contributed by atoms with Crippen LogP contribution in [0.5, 0.6) is 0 Å². The van der Waals surface area contributed by atoms with Crippen molar-refractivity contribution in [3.63, 3.8) is 0 Å². The molecule has 0 bridgehead atoms. The lowest BCUT2D eigenvalue weighted by Gasteiger charge is -2.46. The average Bonchev–Trinajstić information content (AvgIpc) is 3.19. The summed E-state index contributed by atoms with van der Waals surface area (Å²) in [5.74, 6) is -3.46. The molecule has 0 radical (unpaired) electrons. The van der Waals surface area contributed by atoms with Crippen molar-refractivity contribution in [3.05, 3.63) is 11.9 Å². The molecule has 186 valence electrons. The van der Waals surface area contributed by atoms with Gasteiger partial charge in [0.15, 0.2) is 0 Å². The number of anilines is 2. The van der Waals surface area contributed by atoms with Crippen LogP contribution in [0, 0.1) is 5.92 Å². The van der Waals surface area contributed by atoms with Crippen LogP contribution >= 0.6 is 0 Å². The third-order valence-corrected chi connectivity index (χ3v) is 7.64. The molecule has 1 aromatic rings. The molecule has 1 spiro atoms. The predicted molar refractivity (Wildman–Crippen MR) is 122 cm³/mol. The van der Waals surface area contributed by atoms with E-state index in [1.54, 1.807) is 4.90 Å². The first-order valence-corrected chi connectivity index (χ1v) is 12.1. The van der Waals surface area contributed by atoms with E-state index in [2.05, 4.69) is 14.9 Å². The molecule has 3 atom stereocenters. The molecule has 3 fully saturated rings. The van der Waals surface area contributed by atoms with Crippen LogP contribution in [0.25, 0.3) is 0 Å². The minimum absolute atomic E-state index is 0.0441. The van der Waals surface area contributed by atoms with Crippen LogP contribution in [0.4, 0.5) is 25.2 Å². The fourth-order valence-corrected chi connectivity index (χ4v) is 5.58. The van der Waals surface area contributed by atoms with E-state index < -0.39 is 23.3 Å². The lowest BCUT2D eigenvalue weighted by molar-refractivity contribution is -0.122. The van der Waals surface area contributed by atoms with Gasteiger partial charge < -0.3 is 14.5 Å². The van der Waals surface area contributed by atoms with Gasteiger partial charge in [-0.3, -0.25) is 9.69 Å². The van der Waals surface area contributed by atoms with Crippen LogP contribution in [-0.4, -0.2) is 70.1 Å². The lowest BCUT2D eigenvalue weighted by atomic mass is 9.66. The molecule has 4 aliphatic rings. The molecule has 10 heteroatoms. The Morgan fingerprint density at radius 2 is 1.74 bits per heavy atom. The van der Waals surface area contributed by atoms with Crippen LogP contribution in [0.1, 0.15) is 65.9 Å². The Kier molecular flexibility index (Phi) is 5.12. The number of ether oxygens (including phenoxy) is 1. The van der Waals surface area contributed by atoms with Crippen molar-refractivity contribution in [2.24, 2.45) is 5.92 Å². The van der Waals surface area contributed by atoms with Gasteiger partial charge in [-0.2, -0.15) is 0 Å². The molecule has 1 unspecified atom stereocenters. The molecule has 0 aromatic carbocycles. The fraction of sp³-hybridized carbons (Fsp3) is 0.750. The Morgan fingerprint density at radius 1 is 1.09 bits per heavy atom. The summed E-state index contributed by atoms with van der Waals surface area (Å²) >= 11 is 0. The largest absolute Gasteiger partial charge is 0.444 e. The lowest BCUT2D eigenvalue weighted by Crippen LogP contribution is -2.59. The van der Waals surface area contributed by atoms with Gasteiger partial charge in [-0.05, 0) is 47.5 Å². The normalized spacial score (nSPS) is 29.0. The number of amides is 2. The van der Waals surface area contributed by atoms with Gasteiger partial charge in [0.1, 0.15) is 29.5 Å². The van der Waals surface area contributed by atoms with Crippen LogP contribution in [-0.2, 0) is 14.9 Å². The molecule has 2 aliphatic carbocycles. The maximum Gasteiger partial charge on any atom is 0.410 e. The molecule has 2 amide bonds. The number of carbonyl (C=O) groups excluding carboxylic acids is 2. The highest BCUT2D eigenvalue weighted by Crippen LogP contribution is 2.57. The molecule has 0 N–H and O–H groups in total. The highest BCUT2D eigenvalue weighted by atomic mass is 19.3. The second kappa shape index (κ2) is 7.49. The molecule has 8 nitrogen and oxygen atoms in total. The predicted octanol–water partition coefficient (Wildman–Crippen LogP) is 3.73. The van der Waals surface area contributed by atoms with Gasteiger partial charge in [-0.1, -0.05) is 6.42 Å². The van der Waals surface area contributed by atoms with Gasteiger partial charge in [-0.25, -0.2) is 23.5 Å². The number of halogens is 2. The Labute approximate surface area is 198 Å². The number of fused-ring (bicyclic) bond motifs is 2. The summed E-state index contributed by atoms with van der Waals surface area (Å²) in [5.41, 5.74) is 0.0513. The van der Waals surface area contributed by atoms with E-state index in [-0.39, 0.29) is 30.0 Å². The summed E-state index contributed by atoms with van der Waals surface area (Å²) in [7, 11) is 0. The zero-order valence-electron chi connectivity index (χ0n) is 20.5. The Morgan fingerprint density at radius 3 is 2.29 bits per heavy atom. The number of alkyl halides is 2. The number of rotatable bonds is 2. The van der Waals surface area contributed by atoms with Crippen molar-refractivity contribution in [3.8, 4) is 0 Å². The van der Waals surface area contributed by atoms with Gasteiger partial charge in [0.2, 0.25) is 5.91 Å². The summed E-state index contributed by atoms with van der Waals surface area (Å²) < 4.78 is 33.0. The molecule has 1 aromatic heterocycles. The van der Waals surface area contributed by atoms with Crippen molar-refractivity contribution < 1.29 is 23.1 Å². The van der Waals surface area contributed by atoms with Crippen molar-refractivity contribution in [1.82, 2.24) is 14.9 Å². The van der Waals surface area contributed by atoms with E-state index in [0.29, 0.717) is 25.5 Å². The number of piperazine rings is 1. The first kappa shape index (κ1) is 23.2. The SMILES string of the molecule is C[C@@H]1CN(c2ncnc3c2C2(CCC2)CN3C(=O)C2CC2(F)F)[C@@H](C)CN1C(=O)OC(C)(C)C. The average molecular weight is 478 g/mol. The summed E-state index contributed by atoms with van der Waals surface area (Å²) in [4.78, 5) is 40.2. The summed E-state index contributed by atoms with van der Waals surface area (Å²) in [6, 6.07) is -0.157. The molecule has 2 aliphatic heterocycles. The van der Waals surface area contributed by atoms with Gasteiger partial charge in [0.05, 0.1) is 0 Å². The van der Waals surface area contributed by atoms with Crippen molar-refractivity contribution in [2.45, 2.75) is 89.3 Å². The van der Waals surface area contributed by atoms with Gasteiger partial charge in [0.25, 0.3) is 5.92 Å². The van der Waals surface area contributed by atoms with Crippen LogP contribution < -0.4 is 9.80 Å². The third kappa shape index (κ3) is 3.69. The Balaban J connectivity index is 1.44. The van der Waals surface area contributed by atoms with Crippen LogP contribution in [0.3, 0.4) is 0 Å². The van der Waals surface area contributed by atoms with Crippen molar-refractivity contribution in [1.29, 1.82) is 0 Å². The van der Waals surface area contributed by atoms with E-state index in [4.69, 9.17) is 4.74 Å². The van der Waals surface area contributed by atoms with E-state index in [0.717, 1.165) is 30.6 Å². The molecule has 2 saturated carbocycles. The second-order valence-corrected chi connectivity index (χ2v) is 11.5. The molecule has 34 heavy (non-hydrogen) atoms. The Bertz CT molecular complexity index is 1020. The highest BCUT2D eigenvalue weighted by Gasteiger charge is 2.64. The minimum atomic E-state index is -2.91. The molecular formula is C24H33F2N5O3. The summed E-state index contributed by atoms with van der Waals surface area (Å²) in [6.07, 6.45) is 3.49.